The largest absolute Gasteiger partial charge is 0.459 e. The van der Waals surface area contributed by atoms with Crippen LogP contribution >= 0.6 is 0 Å². The molecule has 0 aliphatic carbocycles. The van der Waals surface area contributed by atoms with Crippen LogP contribution in [0.25, 0.3) is 0 Å². The summed E-state index contributed by atoms with van der Waals surface area (Å²) in [5.74, 6) is -0.203. The molecule has 1 atom stereocenters. The first-order valence-corrected chi connectivity index (χ1v) is 10.5. The molecule has 0 saturated carbocycles. The van der Waals surface area contributed by atoms with Gasteiger partial charge in [0.2, 0.25) is 11.8 Å². The molecule has 1 aromatic heterocycles. The van der Waals surface area contributed by atoms with Gasteiger partial charge >= 0.3 is 0 Å². The second kappa shape index (κ2) is 11.0. The van der Waals surface area contributed by atoms with E-state index < -0.39 is 6.04 Å². The van der Waals surface area contributed by atoms with Gasteiger partial charge in [-0.2, -0.15) is 0 Å². The second-order valence-electron chi connectivity index (χ2n) is 7.69. The Labute approximate surface area is 173 Å². The van der Waals surface area contributed by atoms with Crippen LogP contribution in [0.5, 0.6) is 0 Å². The lowest BCUT2D eigenvalue weighted by atomic mass is 10.0. The molecule has 0 bridgehead atoms. The second-order valence-corrected chi connectivity index (χ2v) is 7.69. The van der Waals surface area contributed by atoms with Gasteiger partial charge in [0.15, 0.2) is 5.76 Å². The summed E-state index contributed by atoms with van der Waals surface area (Å²) in [6, 6.07) is 2.61. The smallest absolute Gasteiger partial charge is 0.287 e. The minimum atomic E-state index is -0.614. The number of amides is 3. The molecular weight excluding hydrogens is 372 g/mol. The van der Waals surface area contributed by atoms with E-state index in [4.69, 9.17) is 4.42 Å². The van der Waals surface area contributed by atoms with Gasteiger partial charge in [0, 0.05) is 39.3 Å². The van der Waals surface area contributed by atoms with Crippen LogP contribution in [0.1, 0.15) is 44.7 Å². The third-order valence-corrected chi connectivity index (χ3v) is 5.34. The summed E-state index contributed by atoms with van der Waals surface area (Å²) in [5.41, 5.74) is 0. The van der Waals surface area contributed by atoms with Crippen molar-refractivity contribution in [1.82, 2.24) is 20.0 Å². The van der Waals surface area contributed by atoms with Crippen LogP contribution in [0.2, 0.25) is 0 Å². The van der Waals surface area contributed by atoms with Crippen LogP contribution in [0.3, 0.4) is 0 Å². The van der Waals surface area contributed by atoms with E-state index in [0.29, 0.717) is 39.3 Å². The van der Waals surface area contributed by atoms with E-state index in [0.717, 1.165) is 13.0 Å². The molecule has 162 valence electrons. The predicted molar refractivity (Wildman–Crippen MR) is 110 cm³/mol. The first kappa shape index (κ1) is 22.9. The van der Waals surface area contributed by atoms with Gasteiger partial charge < -0.3 is 19.5 Å². The summed E-state index contributed by atoms with van der Waals surface area (Å²) in [4.78, 5) is 43.6. The van der Waals surface area contributed by atoms with Crippen molar-refractivity contribution >= 4 is 17.7 Å². The van der Waals surface area contributed by atoms with E-state index in [9.17, 15) is 14.4 Å². The van der Waals surface area contributed by atoms with Crippen molar-refractivity contribution in [3.63, 3.8) is 0 Å². The predicted octanol–water partition coefficient (Wildman–Crippen LogP) is 1.44. The summed E-state index contributed by atoms with van der Waals surface area (Å²) >= 11 is 0. The number of nitrogens with one attached hydrogen (secondary N) is 1. The number of furan rings is 1. The Bertz CT molecular complexity index is 670. The van der Waals surface area contributed by atoms with E-state index in [-0.39, 0.29) is 29.4 Å². The fourth-order valence-electron chi connectivity index (χ4n) is 3.55. The molecule has 1 aliphatic rings. The maximum absolute atomic E-state index is 13.1. The number of carbonyl (C=O) groups excluding carboxylic acids is 3. The molecule has 8 heteroatoms. The van der Waals surface area contributed by atoms with E-state index >= 15 is 0 Å². The van der Waals surface area contributed by atoms with Crippen molar-refractivity contribution in [3.8, 4) is 0 Å². The molecule has 1 fully saturated rings. The van der Waals surface area contributed by atoms with Gasteiger partial charge in [-0.15, -0.1) is 0 Å². The first-order chi connectivity index (χ1) is 13.9. The standard InChI is InChI=1S/C21H34N4O4/c1-5-24(6-2)18(26)15-23-10-8-11-25(13-12-23)21(28)19(16(3)4)22-20(27)17-9-7-14-29-17/h7,9,14,16,19H,5-6,8,10-13,15H2,1-4H3,(H,22,27)/t19-/m1/s1. The quantitative estimate of drug-likeness (QED) is 0.706. The number of likely N-dealkylation sites (N-methyl/N-ethyl adjacent to an activating group) is 1. The Kier molecular flexibility index (Phi) is 8.70. The van der Waals surface area contributed by atoms with Gasteiger partial charge in [-0.3, -0.25) is 19.3 Å². The Balaban J connectivity index is 1.95. The van der Waals surface area contributed by atoms with Gasteiger partial charge in [0.05, 0.1) is 12.8 Å². The van der Waals surface area contributed by atoms with Gasteiger partial charge in [-0.25, -0.2) is 0 Å². The molecular formula is C21H34N4O4. The van der Waals surface area contributed by atoms with Crippen molar-refractivity contribution in [2.24, 2.45) is 5.92 Å². The zero-order chi connectivity index (χ0) is 21.4. The summed E-state index contributed by atoms with van der Waals surface area (Å²) in [6.45, 7) is 12.2. The number of carbonyl (C=O) groups is 3. The highest BCUT2D eigenvalue weighted by atomic mass is 16.3. The summed E-state index contributed by atoms with van der Waals surface area (Å²) in [5, 5.41) is 2.81. The lowest BCUT2D eigenvalue weighted by Gasteiger charge is -2.29. The normalized spacial score (nSPS) is 16.4. The summed E-state index contributed by atoms with van der Waals surface area (Å²) < 4.78 is 5.13. The molecule has 1 saturated heterocycles. The molecule has 0 unspecified atom stereocenters. The van der Waals surface area contributed by atoms with Crippen molar-refractivity contribution in [3.05, 3.63) is 24.2 Å². The molecule has 29 heavy (non-hydrogen) atoms. The Morgan fingerprint density at radius 1 is 1.14 bits per heavy atom. The molecule has 3 amide bonds. The zero-order valence-electron chi connectivity index (χ0n) is 18.0. The van der Waals surface area contributed by atoms with Crippen LogP contribution in [0.4, 0.5) is 0 Å². The monoisotopic (exact) mass is 406 g/mol. The minimum Gasteiger partial charge on any atom is -0.459 e. The number of hydrogen-bond donors (Lipinski definition) is 1. The van der Waals surface area contributed by atoms with Crippen LogP contribution < -0.4 is 5.32 Å². The fourth-order valence-corrected chi connectivity index (χ4v) is 3.55. The Morgan fingerprint density at radius 2 is 1.86 bits per heavy atom. The average Bonchev–Trinajstić information content (AvgIpc) is 3.13. The number of hydrogen-bond acceptors (Lipinski definition) is 5. The van der Waals surface area contributed by atoms with Crippen molar-refractivity contribution in [2.45, 2.75) is 40.2 Å². The van der Waals surface area contributed by atoms with Gasteiger partial charge in [0.1, 0.15) is 6.04 Å². The Morgan fingerprint density at radius 3 is 2.45 bits per heavy atom. The van der Waals surface area contributed by atoms with Gasteiger partial charge in [0.25, 0.3) is 5.91 Å². The average molecular weight is 407 g/mol. The molecule has 1 aliphatic heterocycles. The summed E-state index contributed by atoms with van der Waals surface area (Å²) in [6.07, 6.45) is 2.23. The number of rotatable bonds is 8. The van der Waals surface area contributed by atoms with E-state index in [1.165, 1.54) is 6.26 Å². The highest BCUT2D eigenvalue weighted by Crippen LogP contribution is 2.12. The fraction of sp³-hybridized carbons (Fsp3) is 0.667. The van der Waals surface area contributed by atoms with Crippen molar-refractivity contribution in [1.29, 1.82) is 0 Å². The molecule has 0 spiro atoms. The van der Waals surface area contributed by atoms with Crippen LogP contribution in [-0.4, -0.2) is 84.3 Å². The highest BCUT2D eigenvalue weighted by molar-refractivity contribution is 5.95. The molecule has 0 aromatic carbocycles. The molecule has 2 heterocycles. The van der Waals surface area contributed by atoms with Crippen LogP contribution in [0.15, 0.2) is 22.8 Å². The van der Waals surface area contributed by atoms with Crippen molar-refractivity contribution in [2.75, 3.05) is 45.8 Å². The lowest BCUT2D eigenvalue weighted by Crippen LogP contribution is -2.52. The SMILES string of the molecule is CCN(CC)C(=O)CN1CCCN(C(=O)[C@H](NC(=O)c2ccco2)C(C)C)CC1. The lowest BCUT2D eigenvalue weighted by molar-refractivity contribution is -0.134. The molecule has 1 aromatic rings. The molecule has 0 radical (unpaired) electrons. The Hall–Kier alpha value is -2.35. The zero-order valence-corrected chi connectivity index (χ0v) is 18.0. The third-order valence-electron chi connectivity index (χ3n) is 5.34. The third kappa shape index (κ3) is 6.32. The van der Waals surface area contributed by atoms with Crippen LogP contribution in [-0.2, 0) is 9.59 Å². The van der Waals surface area contributed by atoms with E-state index in [2.05, 4.69) is 10.2 Å². The van der Waals surface area contributed by atoms with Gasteiger partial charge in [-0.05, 0) is 38.3 Å². The molecule has 1 N–H and O–H groups in total. The maximum Gasteiger partial charge on any atom is 0.287 e. The minimum absolute atomic E-state index is 0.0509. The first-order valence-electron chi connectivity index (χ1n) is 10.5. The topological polar surface area (TPSA) is 86.1 Å². The van der Waals surface area contributed by atoms with E-state index in [1.807, 2.05) is 32.6 Å². The van der Waals surface area contributed by atoms with Crippen molar-refractivity contribution < 1.29 is 18.8 Å². The maximum atomic E-state index is 13.1. The number of nitrogens with zero attached hydrogens (tertiary/aromatic N) is 3. The molecule has 8 nitrogen and oxygen atoms in total. The molecule has 2 rings (SSSR count). The van der Waals surface area contributed by atoms with Crippen LogP contribution in [0, 0.1) is 5.92 Å². The van der Waals surface area contributed by atoms with E-state index in [1.54, 1.807) is 17.0 Å². The highest BCUT2D eigenvalue weighted by Gasteiger charge is 2.31. The van der Waals surface area contributed by atoms with Gasteiger partial charge in [-0.1, -0.05) is 13.8 Å². The summed E-state index contributed by atoms with van der Waals surface area (Å²) in [7, 11) is 0.